The molecule has 0 N–H and O–H groups in total. The van der Waals surface area contributed by atoms with Crippen LogP contribution in [0.5, 0.6) is 0 Å². The van der Waals surface area contributed by atoms with Crippen LogP contribution in [0.1, 0.15) is 36.8 Å². The Bertz CT molecular complexity index is 255. The lowest BCUT2D eigenvalue weighted by atomic mass is 9.92. The number of halogens is 1. The van der Waals surface area contributed by atoms with E-state index < -0.39 is 0 Å². The Labute approximate surface area is 79.6 Å². The summed E-state index contributed by atoms with van der Waals surface area (Å²) in [4.78, 5) is 0. The molecule has 66 valence electrons. The molecule has 0 spiro atoms. The zero-order valence-corrected chi connectivity index (χ0v) is 7.14. The molecule has 1 aromatic carbocycles. The van der Waals surface area contributed by atoms with Gasteiger partial charge in [0.25, 0.3) is 0 Å². The van der Waals surface area contributed by atoms with Gasteiger partial charge >= 0.3 is 0 Å². The van der Waals surface area contributed by atoms with Crippen LogP contribution in [0.2, 0.25) is 0 Å². The first-order valence-corrected chi connectivity index (χ1v) is 4.53. The monoisotopic (exact) mass is 182 g/mol. The number of aryl methyl sites for hydroxylation is 1. The summed E-state index contributed by atoms with van der Waals surface area (Å²) in [5.41, 5.74) is 2.79. The molecule has 0 bridgehead atoms. The van der Waals surface area contributed by atoms with E-state index in [0.29, 0.717) is 0 Å². The molecule has 1 unspecified atom stereocenters. The molecule has 0 nitrogen and oxygen atoms in total. The van der Waals surface area contributed by atoms with Crippen molar-refractivity contribution in [2.45, 2.75) is 32.1 Å². The van der Waals surface area contributed by atoms with Crippen LogP contribution < -0.4 is 0 Å². The number of rotatable bonds is 0. The van der Waals surface area contributed by atoms with Crippen LogP contribution in [0.3, 0.4) is 0 Å². The highest BCUT2D eigenvalue weighted by atomic mass is 35.5. The molecule has 0 fully saturated rings. The highest BCUT2D eigenvalue weighted by molar-refractivity contribution is 6.21. The molecular weight excluding hydrogens is 168 g/mol. The summed E-state index contributed by atoms with van der Waals surface area (Å²) in [6.07, 6.45) is 3.59. The third-order valence-corrected chi connectivity index (χ3v) is 2.75. The van der Waals surface area contributed by atoms with E-state index in [4.69, 9.17) is 11.6 Å². The van der Waals surface area contributed by atoms with Crippen molar-refractivity contribution in [2.24, 2.45) is 0 Å². The van der Waals surface area contributed by atoms with Gasteiger partial charge in [0.1, 0.15) is 0 Å². The number of hydrogen-bond donors (Lipinski definition) is 0. The van der Waals surface area contributed by atoms with Crippen molar-refractivity contribution in [2.75, 3.05) is 0 Å². The van der Waals surface area contributed by atoms with Crippen molar-refractivity contribution in [3.63, 3.8) is 0 Å². The SMILES string of the molecule is C.ClC1CCCc2ccccc21. The minimum Gasteiger partial charge on any atom is -0.118 e. The highest BCUT2D eigenvalue weighted by Crippen LogP contribution is 2.33. The lowest BCUT2D eigenvalue weighted by Gasteiger charge is -2.19. The Hall–Kier alpha value is -0.490. The molecule has 0 saturated carbocycles. The zero-order valence-electron chi connectivity index (χ0n) is 6.39. The Morgan fingerprint density at radius 3 is 2.75 bits per heavy atom. The smallest absolute Gasteiger partial charge is 0.0588 e. The summed E-state index contributed by atoms with van der Waals surface area (Å²) in [5.74, 6) is 0. The van der Waals surface area contributed by atoms with Crippen LogP contribution in [0.25, 0.3) is 0 Å². The van der Waals surface area contributed by atoms with E-state index in [1.165, 1.54) is 24.0 Å². The van der Waals surface area contributed by atoms with E-state index in [2.05, 4.69) is 24.3 Å². The van der Waals surface area contributed by atoms with Gasteiger partial charge in [-0.3, -0.25) is 0 Å². The van der Waals surface area contributed by atoms with Crippen molar-refractivity contribution in [3.05, 3.63) is 35.4 Å². The minimum atomic E-state index is 0. The number of alkyl halides is 1. The van der Waals surface area contributed by atoms with Crippen LogP contribution in [0.4, 0.5) is 0 Å². The van der Waals surface area contributed by atoms with E-state index in [9.17, 15) is 0 Å². The molecule has 0 saturated heterocycles. The van der Waals surface area contributed by atoms with Gasteiger partial charge in [0.05, 0.1) is 5.38 Å². The fourth-order valence-electron chi connectivity index (χ4n) is 1.69. The van der Waals surface area contributed by atoms with Crippen molar-refractivity contribution in [1.29, 1.82) is 0 Å². The van der Waals surface area contributed by atoms with Crippen molar-refractivity contribution >= 4 is 11.6 Å². The maximum absolute atomic E-state index is 6.15. The standard InChI is InChI=1S/C10H11Cl.CH4/c11-10-7-3-5-8-4-1-2-6-9(8)10;/h1-2,4,6,10H,3,5,7H2;1H4. The van der Waals surface area contributed by atoms with Gasteiger partial charge in [-0.25, -0.2) is 0 Å². The van der Waals surface area contributed by atoms with Gasteiger partial charge in [-0.1, -0.05) is 31.7 Å². The van der Waals surface area contributed by atoms with Gasteiger partial charge in [-0.15, -0.1) is 11.6 Å². The molecule has 0 aromatic heterocycles. The number of hydrogen-bond acceptors (Lipinski definition) is 0. The van der Waals surface area contributed by atoms with Crippen LogP contribution in [-0.4, -0.2) is 0 Å². The summed E-state index contributed by atoms with van der Waals surface area (Å²) in [7, 11) is 0. The second-order valence-corrected chi connectivity index (χ2v) is 3.59. The van der Waals surface area contributed by atoms with E-state index in [-0.39, 0.29) is 12.8 Å². The maximum Gasteiger partial charge on any atom is 0.0588 e. The van der Waals surface area contributed by atoms with E-state index in [0.717, 1.165) is 6.42 Å². The summed E-state index contributed by atoms with van der Waals surface area (Å²) in [5, 5.41) is 0.264. The molecule has 1 heteroatoms. The second-order valence-electron chi connectivity index (χ2n) is 3.06. The average molecular weight is 183 g/mol. The lowest BCUT2D eigenvalue weighted by molar-refractivity contribution is 0.667. The van der Waals surface area contributed by atoms with E-state index in [1.54, 1.807) is 0 Å². The first-order chi connectivity index (χ1) is 5.38. The van der Waals surface area contributed by atoms with Crippen molar-refractivity contribution < 1.29 is 0 Å². The van der Waals surface area contributed by atoms with Crippen molar-refractivity contribution in [1.82, 2.24) is 0 Å². The van der Waals surface area contributed by atoms with Gasteiger partial charge in [0.2, 0.25) is 0 Å². The quantitative estimate of drug-likeness (QED) is 0.534. The van der Waals surface area contributed by atoms with Gasteiger partial charge in [-0.2, -0.15) is 0 Å². The maximum atomic E-state index is 6.15. The van der Waals surface area contributed by atoms with Crippen LogP contribution >= 0.6 is 11.6 Å². The first-order valence-electron chi connectivity index (χ1n) is 4.10. The summed E-state index contributed by atoms with van der Waals surface area (Å²) in [6.45, 7) is 0. The van der Waals surface area contributed by atoms with Crippen molar-refractivity contribution in [3.8, 4) is 0 Å². The van der Waals surface area contributed by atoms with E-state index >= 15 is 0 Å². The topological polar surface area (TPSA) is 0 Å². The highest BCUT2D eigenvalue weighted by Gasteiger charge is 2.16. The van der Waals surface area contributed by atoms with Crippen LogP contribution in [0, 0.1) is 0 Å². The summed E-state index contributed by atoms with van der Waals surface area (Å²) >= 11 is 6.15. The third-order valence-electron chi connectivity index (χ3n) is 2.30. The molecule has 2 rings (SSSR count). The van der Waals surface area contributed by atoms with Crippen LogP contribution in [0.15, 0.2) is 24.3 Å². The Kier molecular flexibility index (Phi) is 3.16. The molecule has 0 aliphatic heterocycles. The molecule has 0 amide bonds. The fourth-order valence-corrected chi connectivity index (χ4v) is 2.06. The largest absolute Gasteiger partial charge is 0.118 e. The molecule has 0 radical (unpaired) electrons. The third kappa shape index (κ3) is 1.64. The molecule has 0 heterocycles. The van der Waals surface area contributed by atoms with Crippen LogP contribution in [-0.2, 0) is 6.42 Å². The number of fused-ring (bicyclic) bond motifs is 1. The summed E-state index contributed by atoms with van der Waals surface area (Å²) < 4.78 is 0. The second kappa shape index (κ2) is 3.95. The van der Waals surface area contributed by atoms with Gasteiger partial charge in [0.15, 0.2) is 0 Å². The lowest BCUT2D eigenvalue weighted by Crippen LogP contribution is -2.04. The zero-order chi connectivity index (χ0) is 7.68. The predicted molar refractivity (Wildman–Crippen MR) is 54.7 cm³/mol. The molecular formula is C11H15Cl. The van der Waals surface area contributed by atoms with Gasteiger partial charge in [0, 0.05) is 0 Å². The normalized spacial score (nSPS) is 20.9. The Morgan fingerprint density at radius 1 is 1.25 bits per heavy atom. The fraction of sp³-hybridized carbons (Fsp3) is 0.455. The molecule has 1 atom stereocenters. The molecule has 12 heavy (non-hydrogen) atoms. The minimum absolute atomic E-state index is 0. The molecule has 1 aliphatic rings. The van der Waals surface area contributed by atoms with E-state index in [1.807, 2.05) is 0 Å². The molecule has 1 aliphatic carbocycles. The predicted octanol–water partition coefficient (Wildman–Crippen LogP) is 3.94. The summed E-state index contributed by atoms with van der Waals surface area (Å²) in [6, 6.07) is 8.49. The molecule has 1 aromatic rings. The van der Waals surface area contributed by atoms with Gasteiger partial charge in [-0.05, 0) is 30.4 Å². The Balaban J connectivity index is 0.000000720. The Morgan fingerprint density at radius 2 is 2.00 bits per heavy atom. The number of benzene rings is 1. The first kappa shape index (κ1) is 9.60. The van der Waals surface area contributed by atoms with Gasteiger partial charge < -0.3 is 0 Å². The average Bonchev–Trinajstić information content (AvgIpc) is 2.06.